The molecule has 2 N–H and O–H groups in total. The standard InChI is InChI=1S/C24H23N3O5/c1-2-30-19-12-11-16-7-3-4-8-17(16)18(19)13-26-27-23(28)14-25-24(29)22-15-31-20-9-5-6-10-21(20)32-22/h3-13,22H,2,14-15H2,1H3,(H,25,29)(H,27,28)/b26-13+. The highest BCUT2D eigenvalue weighted by atomic mass is 16.6. The Morgan fingerprint density at radius 1 is 1.09 bits per heavy atom. The van der Waals surface area contributed by atoms with Crippen LogP contribution in [0, 0.1) is 0 Å². The lowest BCUT2D eigenvalue weighted by molar-refractivity contribution is -0.132. The molecule has 0 fully saturated rings. The Balaban J connectivity index is 1.34. The Labute approximate surface area is 185 Å². The van der Waals surface area contributed by atoms with E-state index in [2.05, 4.69) is 15.8 Å². The number of amides is 2. The second-order valence-electron chi connectivity index (χ2n) is 7.01. The molecule has 1 heterocycles. The van der Waals surface area contributed by atoms with Crippen LogP contribution in [-0.2, 0) is 9.59 Å². The highest BCUT2D eigenvalue weighted by Gasteiger charge is 2.27. The van der Waals surface area contributed by atoms with E-state index in [9.17, 15) is 9.59 Å². The Morgan fingerprint density at radius 2 is 1.88 bits per heavy atom. The van der Waals surface area contributed by atoms with E-state index in [1.54, 1.807) is 24.4 Å². The predicted octanol–water partition coefficient (Wildman–Crippen LogP) is 2.64. The molecule has 3 aromatic rings. The van der Waals surface area contributed by atoms with Crippen molar-refractivity contribution in [2.24, 2.45) is 5.10 Å². The van der Waals surface area contributed by atoms with Gasteiger partial charge in [-0.1, -0.05) is 42.5 Å². The van der Waals surface area contributed by atoms with Crippen LogP contribution in [0.5, 0.6) is 17.2 Å². The van der Waals surface area contributed by atoms with Crippen LogP contribution in [-0.4, -0.2) is 43.9 Å². The smallest absolute Gasteiger partial charge is 0.265 e. The summed E-state index contributed by atoms with van der Waals surface area (Å²) >= 11 is 0. The quantitative estimate of drug-likeness (QED) is 0.441. The summed E-state index contributed by atoms with van der Waals surface area (Å²) in [4.78, 5) is 24.5. The Hall–Kier alpha value is -4.07. The molecule has 1 unspecified atom stereocenters. The van der Waals surface area contributed by atoms with E-state index in [1.807, 2.05) is 49.4 Å². The van der Waals surface area contributed by atoms with Gasteiger partial charge < -0.3 is 19.5 Å². The van der Waals surface area contributed by atoms with E-state index in [0.717, 1.165) is 16.3 Å². The van der Waals surface area contributed by atoms with Crippen molar-refractivity contribution in [1.29, 1.82) is 0 Å². The highest BCUT2D eigenvalue weighted by molar-refractivity contribution is 6.02. The minimum atomic E-state index is -0.828. The fourth-order valence-electron chi connectivity index (χ4n) is 3.33. The summed E-state index contributed by atoms with van der Waals surface area (Å²) in [5.74, 6) is 0.847. The van der Waals surface area contributed by atoms with Crippen molar-refractivity contribution >= 4 is 28.8 Å². The van der Waals surface area contributed by atoms with Crippen molar-refractivity contribution in [2.45, 2.75) is 13.0 Å². The molecular weight excluding hydrogens is 410 g/mol. The number of rotatable bonds is 7. The van der Waals surface area contributed by atoms with Crippen molar-refractivity contribution in [3.8, 4) is 17.2 Å². The van der Waals surface area contributed by atoms with Gasteiger partial charge in [0.05, 0.1) is 19.4 Å². The molecule has 0 aliphatic carbocycles. The molecular formula is C24H23N3O5. The Morgan fingerprint density at radius 3 is 2.72 bits per heavy atom. The third kappa shape index (κ3) is 4.80. The first kappa shape index (κ1) is 21.2. The summed E-state index contributed by atoms with van der Waals surface area (Å²) in [6.07, 6.45) is 0.716. The SMILES string of the molecule is CCOc1ccc2ccccc2c1/C=N/NC(=O)CNC(=O)C1COc2ccccc2O1. The number of benzene rings is 3. The minimum Gasteiger partial charge on any atom is -0.493 e. The number of hydrogen-bond donors (Lipinski definition) is 2. The zero-order valence-electron chi connectivity index (χ0n) is 17.5. The third-order valence-electron chi connectivity index (χ3n) is 4.84. The Kier molecular flexibility index (Phi) is 6.50. The molecule has 164 valence electrons. The number of carbonyl (C=O) groups excluding carboxylic acids is 2. The largest absolute Gasteiger partial charge is 0.493 e. The first-order chi connectivity index (χ1) is 15.7. The van der Waals surface area contributed by atoms with E-state index in [-0.39, 0.29) is 13.2 Å². The van der Waals surface area contributed by atoms with Crippen LogP contribution in [0.15, 0.2) is 65.8 Å². The van der Waals surface area contributed by atoms with Crippen LogP contribution >= 0.6 is 0 Å². The van der Waals surface area contributed by atoms with Crippen LogP contribution in [0.3, 0.4) is 0 Å². The normalized spacial score (nSPS) is 14.8. The summed E-state index contributed by atoms with van der Waals surface area (Å²) in [5, 5.41) is 8.57. The molecule has 0 saturated carbocycles. The first-order valence-corrected chi connectivity index (χ1v) is 10.3. The predicted molar refractivity (Wildman–Crippen MR) is 120 cm³/mol. The van der Waals surface area contributed by atoms with Crippen LogP contribution in [0.2, 0.25) is 0 Å². The zero-order chi connectivity index (χ0) is 22.3. The fourth-order valence-corrected chi connectivity index (χ4v) is 3.33. The van der Waals surface area contributed by atoms with Crippen molar-refractivity contribution in [2.75, 3.05) is 19.8 Å². The van der Waals surface area contributed by atoms with Crippen molar-refractivity contribution in [1.82, 2.24) is 10.7 Å². The molecule has 32 heavy (non-hydrogen) atoms. The van der Waals surface area contributed by atoms with Gasteiger partial charge in [-0.15, -0.1) is 0 Å². The van der Waals surface area contributed by atoms with E-state index in [0.29, 0.717) is 23.9 Å². The molecule has 3 aromatic carbocycles. The number of fused-ring (bicyclic) bond motifs is 2. The average Bonchev–Trinajstić information content (AvgIpc) is 2.83. The second kappa shape index (κ2) is 9.82. The highest BCUT2D eigenvalue weighted by Crippen LogP contribution is 2.31. The van der Waals surface area contributed by atoms with Gasteiger partial charge in [-0.2, -0.15) is 5.10 Å². The molecule has 4 rings (SSSR count). The van der Waals surface area contributed by atoms with Crippen LogP contribution < -0.4 is 25.0 Å². The maximum absolute atomic E-state index is 12.3. The average molecular weight is 433 g/mol. The summed E-state index contributed by atoms with van der Waals surface area (Å²) in [6.45, 7) is 2.24. The molecule has 2 amide bonds. The summed E-state index contributed by atoms with van der Waals surface area (Å²) < 4.78 is 16.8. The summed E-state index contributed by atoms with van der Waals surface area (Å²) in [5.41, 5.74) is 3.19. The number of hydrogen-bond acceptors (Lipinski definition) is 6. The monoisotopic (exact) mass is 433 g/mol. The third-order valence-corrected chi connectivity index (χ3v) is 4.84. The molecule has 8 heteroatoms. The maximum Gasteiger partial charge on any atom is 0.265 e. The van der Waals surface area contributed by atoms with Crippen LogP contribution in [0.1, 0.15) is 12.5 Å². The van der Waals surface area contributed by atoms with Gasteiger partial charge in [0, 0.05) is 5.56 Å². The molecule has 1 aliphatic heterocycles. The van der Waals surface area contributed by atoms with Crippen molar-refractivity contribution < 1.29 is 23.8 Å². The van der Waals surface area contributed by atoms with Gasteiger partial charge in [0.15, 0.2) is 11.5 Å². The number of para-hydroxylation sites is 2. The molecule has 1 aliphatic rings. The van der Waals surface area contributed by atoms with Crippen molar-refractivity contribution in [3.05, 3.63) is 66.2 Å². The van der Waals surface area contributed by atoms with E-state index in [1.165, 1.54) is 0 Å². The van der Waals surface area contributed by atoms with E-state index >= 15 is 0 Å². The topological polar surface area (TPSA) is 98.2 Å². The van der Waals surface area contributed by atoms with Gasteiger partial charge in [0.25, 0.3) is 11.8 Å². The molecule has 0 radical (unpaired) electrons. The van der Waals surface area contributed by atoms with Crippen LogP contribution in [0.25, 0.3) is 10.8 Å². The van der Waals surface area contributed by atoms with E-state index < -0.39 is 17.9 Å². The van der Waals surface area contributed by atoms with Gasteiger partial charge >= 0.3 is 0 Å². The summed E-state index contributed by atoms with van der Waals surface area (Å²) in [7, 11) is 0. The van der Waals surface area contributed by atoms with Crippen molar-refractivity contribution in [3.63, 3.8) is 0 Å². The Bertz CT molecular complexity index is 1160. The van der Waals surface area contributed by atoms with Gasteiger partial charge in [0.1, 0.15) is 12.4 Å². The molecule has 8 nitrogen and oxygen atoms in total. The molecule has 1 atom stereocenters. The van der Waals surface area contributed by atoms with E-state index in [4.69, 9.17) is 14.2 Å². The minimum absolute atomic E-state index is 0.0733. The number of ether oxygens (including phenoxy) is 3. The molecule has 0 saturated heterocycles. The maximum atomic E-state index is 12.3. The number of nitrogens with one attached hydrogen (secondary N) is 2. The zero-order valence-corrected chi connectivity index (χ0v) is 17.5. The molecule has 0 aromatic heterocycles. The van der Waals surface area contributed by atoms with Gasteiger partial charge in [-0.3, -0.25) is 9.59 Å². The van der Waals surface area contributed by atoms with Gasteiger partial charge in [-0.05, 0) is 35.9 Å². The van der Waals surface area contributed by atoms with Gasteiger partial charge in [-0.25, -0.2) is 5.43 Å². The summed E-state index contributed by atoms with van der Waals surface area (Å²) in [6, 6.07) is 18.8. The van der Waals surface area contributed by atoms with Crippen LogP contribution in [0.4, 0.5) is 0 Å². The number of carbonyl (C=O) groups is 2. The number of nitrogens with zero attached hydrogens (tertiary/aromatic N) is 1. The van der Waals surface area contributed by atoms with Gasteiger partial charge in [0.2, 0.25) is 6.10 Å². The lowest BCUT2D eigenvalue weighted by Crippen LogP contribution is -2.46. The lowest BCUT2D eigenvalue weighted by Gasteiger charge is -2.25. The molecule has 0 spiro atoms. The first-order valence-electron chi connectivity index (χ1n) is 10.3. The molecule has 0 bridgehead atoms. The fraction of sp³-hybridized carbons (Fsp3) is 0.208. The lowest BCUT2D eigenvalue weighted by atomic mass is 10.0. The second-order valence-corrected chi connectivity index (χ2v) is 7.01. The number of hydrazone groups is 1.